The first-order valence-corrected chi connectivity index (χ1v) is 5.09. The molecule has 15 heavy (non-hydrogen) atoms. The lowest BCUT2D eigenvalue weighted by molar-refractivity contribution is -0.126. The van der Waals surface area contributed by atoms with Crippen molar-refractivity contribution < 1.29 is 9.53 Å². The number of ether oxygens (including phenoxy) is 1. The topological polar surface area (TPSA) is 42.4 Å². The maximum Gasteiger partial charge on any atom is 0.210 e. The van der Waals surface area contributed by atoms with Gasteiger partial charge < -0.3 is 9.64 Å². The minimum absolute atomic E-state index is 0.0407. The summed E-state index contributed by atoms with van der Waals surface area (Å²) in [6, 6.07) is 3.54. The summed E-state index contributed by atoms with van der Waals surface area (Å²) in [4.78, 5) is 16.5. The molecule has 0 radical (unpaired) electrons. The molecule has 1 fully saturated rings. The summed E-state index contributed by atoms with van der Waals surface area (Å²) >= 11 is 5.70. The molecule has 2 rings (SSSR count). The average molecular weight is 227 g/mol. The first kappa shape index (κ1) is 10.4. The number of hydrogen-bond acceptors (Lipinski definition) is 3. The summed E-state index contributed by atoms with van der Waals surface area (Å²) in [6.07, 6.45) is 2.53. The van der Waals surface area contributed by atoms with Gasteiger partial charge in [-0.15, -0.1) is 0 Å². The molecule has 1 unspecified atom stereocenters. The Hall–Kier alpha value is -1.13. The van der Waals surface area contributed by atoms with Gasteiger partial charge in [0, 0.05) is 12.7 Å². The number of morpholine rings is 1. The summed E-state index contributed by atoms with van der Waals surface area (Å²) in [6.45, 7) is 1.73. The fraction of sp³-hybridized carbons (Fsp3) is 0.400. The summed E-state index contributed by atoms with van der Waals surface area (Å²) in [5.41, 5.74) is 0.950. The SMILES string of the molecule is O=CN1CCOCC1c1ccc(Cl)nc1. The highest BCUT2D eigenvalue weighted by atomic mass is 35.5. The number of aromatic nitrogens is 1. The van der Waals surface area contributed by atoms with Crippen LogP contribution in [0.3, 0.4) is 0 Å². The van der Waals surface area contributed by atoms with E-state index in [9.17, 15) is 4.79 Å². The molecule has 1 amide bonds. The van der Waals surface area contributed by atoms with Crippen molar-refractivity contribution in [3.63, 3.8) is 0 Å². The van der Waals surface area contributed by atoms with Crippen molar-refractivity contribution in [3.05, 3.63) is 29.0 Å². The van der Waals surface area contributed by atoms with E-state index in [-0.39, 0.29) is 6.04 Å². The number of carbonyl (C=O) groups excluding carboxylic acids is 1. The van der Waals surface area contributed by atoms with Gasteiger partial charge in [0.2, 0.25) is 6.41 Å². The van der Waals surface area contributed by atoms with E-state index < -0.39 is 0 Å². The van der Waals surface area contributed by atoms with Gasteiger partial charge in [0.25, 0.3) is 0 Å². The molecule has 0 saturated carbocycles. The van der Waals surface area contributed by atoms with Gasteiger partial charge in [-0.05, 0) is 11.6 Å². The van der Waals surface area contributed by atoms with Crippen LogP contribution in [0.1, 0.15) is 11.6 Å². The minimum Gasteiger partial charge on any atom is -0.377 e. The van der Waals surface area contributed by atoms with Crippen LogP contribution in [-0.2, 0) is 9.53 Å². The van der Waals surface area contributed by atoms with Gasteiger partial charge in [-0.1, -0.05) is 17.7 Å². The van der Waals surface area contributed by atoms with E-state index in [4.69, 9.17) is 16.3 Å². The Balaban J connectivity index is 2.20. The molecule has 0 bridgehead atoms. The number of rotatable bonds is 2. The predicted molar refractivity (Wildman–Crippen MR) is 55.6 cm³/mol. The number of amides is 1. The molecule has 1 saturated heterocycles. The van der Waals surface area contributed by atoms with Crippen molar-refractivity contribution >= 4 is 18.0 Å². The van der Waals surface area contributed by atoms with Crippen LogP contribution < -0.4 is 0 Å². The molecule has 1 aromatic rings. The molecule has 1 aliphatic rings. The van der Waals surface area contributed by atoms with Gasteiger partial charge in [0.1, 0.15) is 5.15 Å². The van der Waals surface area contributed by atoms with E-state index >= 15 is 0 Å². The van der Waals surface area contributed by atoms with Gasteiger partial charge in [-0.3, -0.25) is 4.79 Å². The van der Waals surface area contributed by atoms with Gasteiger partial charge in [-0.2, -0.15) is 0 Å². The number of halogens is 1. The highest BCUT2D eigenvalue weighted by molar-refractivity contribution is 6.29. The molecule has 0 aromatic carbocycles. The molecule has 80 valence electrons. The Labute approximate surface area is 92.8 Å². The molecule has 1 aromatic heterocycles. The molecule has 1 atom stereocenters. The molecular formula is C10H11ClN2O2. The molecule has 0 spiro atoms. The van der Waals surface area contributed by atoms with Gasteiger partial charge in [-0.25, -0.2) is 4.98 Å². The summed E-state index contributed by atoms with van der Waals surface area (Å²) in [5, 5.41) is 0.452. The average Bonchev–Trinajstić information content (AvgIpc) is 2.30. The van der Waals surface area contributed by atoms with Crippen molar-refractivity contribution in [3.8, 4) is 0 Å². The normalized spacial score (nSPS) is 21.4. The molecule has 0 aliphatic carbocycles. The first-order chi connectivity index (χ1) is 7.31. The first-order valence-electron chi connectivity index (χ1n) is 4.71. The molecule has 5 heteroatoms. The fourth-order valence-electron chi connectivity index (χ4n) is 1.61. The van der Waals surface area contributed by atoms with Crippen LogP contribution in [0.2, 0.25) is 5.15 Å². The molecule has 0 N–H and O–H groups in total. The standard InChI is InChI=1S/C10H11ClN2O2/c11-10-2-1-8(5-12-10)9-6-15-4-3-13(9)7-14/h1-2,5,7,9H,3-4,6H2. The highest BCUT2D eigenvalue weighted by Gasteiger charge is 2.23. The maximum absolute atomic E-state index is 10.8. The number of pyridine rings is 1. The maximum atomic E-state index is 10.8. The molecule has 2 heterocycles. The minimum atomic E-state index is -0.0407. The Morgan fingerprint density at radius 1 is 1.60 bits per heavy atom. The summed E-state index contributed by atoms with van der Waals surface area (Å²) < 4.78 is 5.34. The van der Waals surface area contributed by atoms with Crippen LogP contribution in [0.25, 0.3) is 0 Å². The third-order valence-electron chi connectivity index (χ3n) is 2.44. The van der Waals surface area contributed by atoms with Crippen LogP contribution in [0, 0.1) is 0 Å². The monoisotopic (exact) mass is 226 g/mol. The van der Waals surface area contributed by atoms with E-state index in [0.29, 0.717) is 24.9 Å². The summed E-state index contributed by atoms with van der Waals surface area (Å²) in [5.74, 6) is 0. The quantitative estimate of drug-likeness (QED) is 0.563. The number of carbonyl (C=O) groups is 1. The van der Waals surface area contributed by atoms with Gasteiger partial charge >= 0.3 is 0 Å². The van der Waals surface area contributed by atoms with Crippen molar-refractivity contribution in [2.75, 3.05) is 19.8 Å². The smallest absolute Gasteiger partial charge is 0.210 e. The van der Waals surface area contributed by atoms with Crippen molar-refractivity contribution in [2.24, 2.45) is 0 Å². The molecule has 4 nitrogen and oxygen atoms in total. The Morgan fingerprint density at radius 2 is 2.47 bits per heavy atom. The zero-order chi connectivity index (χ0) is 10.7. The highest BCUT2D eigenvalue weighted by Crippen LogP contribution is 2.22. The second kappa shape index (κ2) is 4.59. The lowest BCUT2D eigenvalue weighted by Crippen LogP contribution is -2.38. The lowest BCUT2D eigenvalue weighted by atomic mass is 10.1. The zero-order valence-corrected chi connectivity index (χ0v) is 8.85. The Morgan fingerprint density at radius 3 is 3.13 bits per heavy atom. The Kier molecular flexibility index (Phi) is 3.18. The largest absolute Gasteiger partial charge is 0.377 e. The Bertz CT molecular complexity index is 342. The van der Waals surface area contributed by atoms with Crippen LogP contribution in [-0.4, -0.2) is 36.1 Å². The predicted octanol–water partition coefficient (Wildman–Crippen LogP) is 1.26. The lowest BCUT2D eigenvalue weighted by Gasteiger charge is -2.32. The van der Waals surface area contributed by atoms with Crippen molar-refractivity contribution in [1.82, 2.24) is 9.88 Å². The second-order valence-electron chi connectivity index (χ2n) is 3.35. The van der Waals surface area contributed by atoms with E-state index in [1.807, 2.05) is 6.07 Å². The summed E-state index contributed by atoms with van der Waals surface area (Å²) in [7, 11) is 0. The number of nitrogens with zero attached hydrogens (tertiary/aromatic N) is 2. The third-order valence-corrected chi connectivity index (χ3v) is 2.66. The molecule has 1 aliphatic heterocycles. The van der Waals surface area contributed by atoms with Crippen LogP contribution in [0.4, 0.5) is 0 Å². The van der Waals surface area contributed by atoms with Crippen LogP contribution in [0.5, 0.6) is 0 Å². The van der Waals surface area contributed by atoms with E-state index in [2.05, 4.69) is 4.98 Å². The van der Waals surface area contributed by atoms with Crippen LogP contribution in [0.15, 0.2) is 18.3 Å². The fourth-order valence-corrected chi connectivity index (χ4v) is 1.73. The van der Waals surface area contributed by atoms with E-state index in [1.165, 1.54) is 0 Å². The van der Waals surface area contributed by atoms with E-state index in [1.54, 1.807) is 17.2 Å². The third kappa shape index (κ3) is 2.27. The van der Waals surface area contributed by atoms with Crippen LogP contribution >= 0.6 is 11.6 Å². The van der Waals surface area contributed by atoms with Gasteiger partial charge in [0.05, 0.1) is 19.3 Å². The number of hydrogen-bond donors (Lipinski definition) is 0. The second-order valence-corrected chi connectivity index (χ2v) is 3.74. The van der Waals surface area contributed by atoms with Crippen molar-refractivity contribution in [2.45, 2.75) is 6.04 Å². The molecular weight excluding hydrogens is 216 g/mol. The van der Waals surface area contributed by atoms with Crippen molar-refractivity contribution in [1.29, 1.82) is 0 Å². The zero-order valence-electron chi connectivity index (χ0n) is 8.10. The van der Waals surface area contributed by atoms with Gasteiger partial charge in [0.15, 0.2) is 0 Å². The van der Waals surface area contributed by atoms with E-state index in [0.717, 1.165) is 12.0 Å².